The average Bonchev–Trinajstić information content (AvgIpc) is 2.86. The molecular weight excluding hydrogens is 483 g/mol. The van der Waals surface area contributed by atoms with Gasteiger partial charge in [0.2, 0.25) is 0 Å². The highest BCUT2D eigenvalue weighted by atomic mass is 35.5. The van der Waals surface area contributed by atoms with Crippen LogP contribution in [0.5, 0.6) is 23.0 Å². The number of halogens is 2. The molecule has 0 fully saturated rings. The highest BCUT2D eigenvalue weighted by Gasteiger charge is 2.10. The van der Waals surface area contributed by atoms with Crippen molar-refractivity contribution in [3.05, 3.63) is 83.7 Å². The van der Waals surface area contributed by atoms with E-state index in [9.17, 15) is 9.18 Å². The van der Waals surface area contributed by atoms with Crippen molar-refractivity contribution in [1.82, 2.24) is 0 Å². The van der Waals surface area contributed by atoms with Crippen molar-refractivity contribution in [3.63, 3.8) is 0 Å². The monoisotopic (exact) mass is 514 g/mol. The van der Waals surface area contributed by atoms with Crippen LogP contribution in [0.1, 0.15) is 44.2 Å². The van der Waals surface area contributed by atoms with Crippen LogP contribution in [0, 0.1) is 5.82 Å². The Labute approximate surface area is 217 Å². The van der Waals surface area contributed by atoms with Crippen LogP contribution in [0.2, 0.25) is 0 Å². The first-order valence-corrected chi connectivity index (χ1v) is 12.6. The molecule has 3 aromatic carbocycles. The van der Waals surface area contributed by atoms with E-state index in [1.165, 1.54) is 12.1 Å². The summed E-state index contributed by atoms with van der Waals surface area (Å²) in [4.78, 5) is 11.6. The van der Waals surface area contributed by atoms with Crippen LogP contribution >= 0.6 is 11.6 Å². The number of esters is 1. The van der Waals surface area contributed by atoms with Gasteiger partial charge in [-0.05, 0) is 85.5 Å². The molecule has 0 spiro atoms. The highest BCUT2D eigenvalue weighted by molar-refractivity contribution is 6.19. The smallest absolute Gasteiger partial charge is 0.310 e. The van der Waals surface area contributed by atoms with E-state index in [4.69, 9.17) is 30.5 Å². The number of hydrogen-bond donors (Lipinski definition) is 0. The molecule has 0 saturated carbocycles. The SMILES string of the molecule is CCCc1cc(Oc2ccc(F)cc2)ccc1OCCCC(Cl)Oc1ccc(CC(=O)OCC)cc1. The Hall–Kier alpha value is -3.25. The van der Waals surface area contributed by atoms with Gasteiger partial charge in [0.25, 0.3) is 0 Å². The molecule has 0 aliphatic carbocycles. The molecule has 36 heavy (non-hydrogen) atoms. The third kappa shape index (κ3) is 9.08. The number of aryl methyl sites for hydroxylation is 1. The second kappa shape index (κ2) is 14.3. The zero-order valence-electron chi connectivity index (χ0n) is 20.7. The van der Waals surface area contributed by atoms with E-state index >= 15 is 0 Å². The predicted octanol–water partition coefficient (Wildman–Crippen LogP) is 7.48. The second-order valence-corrected chi connectivity index (χ2v) is 8.71. The lowest BCUT2D eigenvalue weighted by Gasteiger charge is -2.15. The van der Waals surface area contributed by atoms with E-state index < -0.39 is 5.56 Å². The van der Waals surface area contributed by atoms with Crippen molar-refractivity contribution < 1.29 is 28.1 Å². The van der Waals surface area contributed by atoms with Gasteiger partial charge >= 0.3 is 5.97 Å². The Morgan fingerprint density at radius 1 is 0.944 bits per heavy atom. The zero-order valence-corrected chi connectivity index (χ0v) is 21.4. The fourth-order valence-corrected chi connectivity index (χ4v) is 3.82. The maximum atomic E-state index is 13.1. The van der Waals surface area contributed by atoms with Gasteiger partial charge < -0.3 is 18.9 Å². The fourth-order valence-electron chi connectivity index (χ4n) is 3.56. The summed E-state index contributed by atoms with van der Waals surface area (Å²) in [5, 5.41) is 0. The number of hydrogen-bond acceptors (Lipinski definition) is 5. The number of ether oxygens (including phenoxy) is 4. The van der Waals surface area contributed by atoms with Gasteiger partial charge in [-0.2, -0.15) is 0 Å². The lowest BCUT2D eigenvalue weighted by atomic mass is 10.1. The molecule has 0 bridgehead atoms. The van der Waals surface area contributed by atoms with Gasteiger partial charge in [-0.1, -0.05) is 37.1 Å². The van der Waals surface area contributed by atoms with Gasteiger partial charge in [-0.3, -0.25) is 4.79 Å². The molecule has 5 nitrogen and oxygen atoms in total. The van der Waals surface area contributed by atoms with Crippen molar-refractivity contribution in [3.8, 4) is 23.0 Å². The number of rotatable bonds is 14. The van der Waals surface area contributed by atoms with Gasteiger partial charge in [0, 0.05) is 6.42 Å². The topological polar surface area (TPSA) is 54.0 Å². The molecule has 192 valence electrons. The summed E-state index contributed by atoms with van der Waals surface area (Å²) in [6, 6.07) is 18.9. The quantitative estimate of drug-likeness (QED) is 0.127. The summed E-state index contributed by atoms with van der Waals surface area (Å²) in [6.45, 7) is 4.76. The van der Waals surface area contributed by atoms with Crippen molar-refractivity contribution >= 4 is 17.6 Å². The molecule has 0 saturated heterocycles. The summed E-state index contributed by atoms with van der Waals surface area (Å²) in [5.74, 6) is 2.16. The molecule has 0 N–H and O–H groups in total. The number of alkyl halides is 1. The molecule has 7 heteroatoms. The largest absolute Gasteiger partial charge is 0.493 e. The van der Waals surface area contributed by atoms with Crippen LogP contribution in [0.15, 0.2) is 66.7 Å². The van der Waals surface area contributed by atoms with Crippen LogP contribution in [0.4, 0.5) is 4.39 Å². The van der Waals surface area contributed by atoms with Crippen LogP contribution < -0.4 is 14.2 Å². The first kappa shape index (κ1) is 27.3. The third-order valence-corrected chi connectivity index (χ3v) is 5.58. The Bertz CT molecular complexity index is 1090. The molecule has 0 aliphatic rings. The third-order valence-electron chi connectivity index (χ3n) is 5.27. The minimum Gasteiger partial charge on any atom is -0.493 e. The molecule has 3 rings (SSSR count). The lowest BCUT2D eigenvalue weighted by molar-refractivity contribution is -0.142. The Morgan fingerprint density at radius 3 is 2.33 bits per heavy atom. The van der Waals surface area contributed by atoms with E-state index in [-0.39, 0.29) is 18.2 Å². The molecule has 0 radical (unpaired) electrons. The van der Waals surface area contributed by atoms with Gasteiger partial charge in [0.1, 0.15) is 28.8 Å². The molecule has 0 aromatic heterocycles. The molecule has 3 aromatic rings. The van der Waals surface area contributed by atoms with E-state index in [1.54, 1.807) is 31.2 Å². The van der Waals surface area contributed by atoms with Crippen molar-refractivity contribution in [1.29, 1.82) is 0 Å². The van der Waals surface area contributed by atoms with Crippen LogP contribution in [-0.4, -0.2) is 24.7 Å². The summed E-state index contributed by atoms with van der Waals surface area (Å²) < 4.78 is 35.7. The molecule has 1 unspecified atom stereocenters. The van der Waals surface area contributed by atoms with E-state index in [1.807, 2.05) is 30.3 Å². The number of carbonyl (C=O) groups excluding carboxylic acids is 1. The van der Waals surface area contributed by atoms with Crippen molar-refractivity contribution in [2.45, 2.75) is 51.5 Å². The first-order valence-electron chi connectivity index (χ1n) is 12.2. The highest BCUT2D eigenvalue weighted by Crippen LogP contribution is 2.29. The van der Waals surface area contributed by atoms with Gasteiger partial charge in [0.15, 0.2) is 5.56 Å². The first-order chi connectivity index (χ1) is 17.5. The van der Waals surface area contributed by atoms with Gasteiger partial charge in [-0.15, -0.1) is 0 Å². The Balaban J connectivity index is 1.45. The molecule has 0 aliphatic heterocycles. The van der Waals surface area contributed by atoms with Crippen LogP contribution in [-0.2, 0) is 22.4 Å². The number of carbonyl (C=O) groups is 1. The maximum absolute atomic E-state index is 13.1. The maximum Gasteiger partial charge on any atom is 0.310 e. The fraction of sp³-hybridized carbons (Fsp3) is 0.345. The second-order valence-electron chi connectivity index (χ2n) is 8.22. The van der Waals surface area contributed by atoms with Crippen LogP contribution in [0.25, 0.3) is 0 Å². The van der Waals surface area contributed by atoms with Gasteiger partial charge in [0.05, 0.1) is 19.6 Å². The van der Waals surface area contributed by atoms with Crippen molar-refractivity contribution in [2.24, 2.45) is 0 Å². The predicted molar refractivity (Wildman–Crippen MR) is 139 cm³/mol. The van der Waals surface area contributed by atoms with Crippen LogP contribution in [0.3, 0.4) is 0 Å². The molecular formula is C29H32ClFO5. The lowest BCUT2D eigenvalue weighted by Crippen LogP contribution is -2.11. The normalized spacial score (nSPS) is 11.6. The van der Waals surface area contributed by atoms with E-state index in [2.05, 4.69) is 6.92 Å². The molecule has 0 amide bonds. The van der Waals surface area contributed by atoms with E-state index in [0.29, 0.717) is 43.3 Å². The Kier molecular flexibility index (Phi) is 10.9. The summed E-state index contributed by atoms with van der Waals surface area (Å²) in [5.41, 5.74) is 1.42. The summed E-state index contributed by atoms with van der Waals surface area (Å²) in [7, 11) is 0. The standard InChI is InChI=1S/C29H32ClFO5/c1-3-6-22-20-26(35-24-14-10-23(31)11-15-24)16-17-27(22)34-18-5-7-28(30)36-25-12-8-21(9-13-25)19-29(32)33-4-2/h8-17,20,28H,3-7,18-19H2,1-2H3. The molecule has 1 atom stereocenters. The Morgan fingerprint density at radius 2 is 1.64 bits per heavy atom. The minimum absolute atomic E-state index is 0.231. The van der Waals surface area contributed by atoms with E-state index in [0.717, 1.165) is 29.7 Å². The average molecular weight is 515 g/mol. The zero-order chi connectivity index (χ0) is 25.8. The minimum atomic E-state index is -0.494. The summed E-state index contributed by atoms with van der Waals surface area (Å²) in [6.07, 6.45) is 3.38. The molecule has 0 heterocycles. The van der Waals surface area contributed by atoms with Crippen molar-refractivity contribution in [2.75, 3.05) is 13.2 Å². The summed E-state index contributed by atoms with van der Waals surface area (Å²) >= 11 is 6.36. The van der Waals surface area contributed by atoms with Gasteiger partial charge in [-0.25, -0.2) is 4.39 Å². The number of benzene rings is 3.